The van der Waals surface area contributed by atoms with Gasteiger partial charge >= 0.3 is 0 Å². The summed E-state index contributed by atoms with van der Waals surface area (Å²) < 4.78 is 5.12. The molecule has 1 aromatic carbocycles. The molecule has 3 N–H and O–H groups in total. The van der Waals surface area contributed by atoms with Crippen LogP contribution in [-0.4, -0.2) is 19.6 Å². The van der Waals surface area contributed by atoms with E-state index in [1.54, 1.807) is 25.3 Å². The summed E-state index contributed by atoms with van der Waals surface area (Å²) in [5, 5.41) is 2.96. The molecule has 0 unspecified atom stereocenters. The second-order valence-corrected chi connectivity index (χ2v) is 5.15. The smallest absolute Gasteiger partial charge is 0.251 e. The summed E-state index contributed by atoms with van der Waals surface area (Å²) in [5.74, 6) is 1.28. The first-order valence-corrected chi connectivity index (χ1v) is 6.92. The zero-order chi connectivity index (χ0) is 13.7. The molecule has 104 valence electrons. The molecule has 4 heteroatoms. The average molecular weight is 262 g/mol. The zero-order valence-corrected chi connectivity index (χ0v) is 11.4. The van der Waals surface area contributed by atoms with Crippen molar-refractivity contribution in [1.82, 2.24) is 5.32 Å². The number of ether oxygens (including phenoxy) is 1. The van der Waals surface area contributed by atoms with Crippen LogP contribution in [-0.2, 0) is 0 Å². The second-order valence-electron chi connectivity index (χ2n) is 5.15. The molecule has 0 aliphatic heterocycles. The standard InChI is InChI=1S/C15H22N2O2/c1-19-14-10-12(6-7-13(14)16)15(18)17-9-8-11-4-2-3-5-11/h6-7,10-11H,2-5,8-9,16H2,1H3,(H,17,18). The van der Waals surface area contributed by atoms with Gasteiger partial charge in [-0.3, -0.25) is 4.79 Å². The first kappa shape index (κ1) is 13.7. The van der Waals surface area contributed by atoms with E-state index in [1.807, 2.05) is 0 Å². The first-order valence-electron chi connectivity index (χ1n) is 6.92. The van der Waals surface area contributed by atoms with Gasteiger partial charge in [-0.2, -0.15) is 0 Å². The first-order chi connectivity index (χ1) is 9.20. The lowest BCUT2D eigenvalue weighted by atomic mass is 10.0. The van der Waals surface area contributed by atoms with Gasteiger partial charge in [0.25, 0.3) is 5.91 Å². The van der Waals surface area contributed by atoms with E-state index < -0.39 is 0 Å². The molecule has 0 saturated heterocycles. The molecule has 0 atom stereocenters. The Morgan fingerprint density at radius 3 is 2.84 bits per heavy atom. The topological polar surface area (TPSA) is 64.3 Å². The number of benzene rings is 1. The van der Waals surface area contributed by atoms with Crippen LogP contribution in [0.1, 0.15) is 42.5 Å². The highest BCUT2D eigenvalue weighted by molar-refractivity contribution is 5.95. The van der Waals surface area contributed by atoms with E-state index in [-0.39, 0.29) is 5.91 Å². The van der Waals surface area contributed by atoms with E-state index in [0.717, 1.165) is 18.9 Å². The number of nitrogen functional groups attached to an aromatic ring is 1. The molecule has 1 aliphatic rings. The van der Waals surface area contributed by atoms with Crippen molar-refractivity contribution in [1.29, 1.82) is 0 Å². The van der Waals surface area contributed by atoms with E-state index in [9.17, 15) is 4.79 Å². The highest BCUT2D eigenvalue weighted by Crippen LogP contribution is 2.27. The van der Waals surface area contributed by atoms with E-state index >= 15 is 0 Å². The molecule has 0 bridgehead atoms. The summed E-state index contributed by atoms with van der Waals surface area (Å²) in [7, 11) is 1.55. The Morgan fingerprint density at radius 2 is 2.16 bits per heavy atom. The van der Waals surface area contributed by atoms with Gasteiger partial charge < -0.3 is 15.8 Å². The van der Waals surface area contributed by atoms with Crippen molar-refractivity contribution in [2.24, 2.45) is 5.92 Å². The number of methoxy groups -OCH3 is 1. The Labute approximate surface area is 114 Å². The molecule has 19 heavy (non-hydrogen) atoms. The lowest BCUT2D eigenvalue weighted by Crippen LogP contribution is -2.25. The minimum Gasteiger partial charge on any atom is -0.495 e. The van der Waals surface area contributed by atoms with Crippen molar-refractivity contribution in [3.05, 3.63) is 23.8 Å². The molecular weight excluding hydrogens is 240 g/mol. The summed E-state index contributed by atoms with van der Waals surface area (Å²) in [4.78, 5) is 12.0. The van der Waals surface area contributed by atoms with Crippen LogP contribution in [0, 0.1) is 5.92 Å². The van der Waals surface area contributed by atoms with Crippen molar-refractivity contribution in [2.45, 2.75) is 32.1 Å². The predicted molar refractivity (Wildman–Crippen MR) is 76.3 cm³/mol. The van der Waals surface area contributed by atoms with Gasteiger partial charge in [0.15, 0.2) is 0 Å². The van der Waals surface area contributed by atoms with Crippen molar-refractivity contribution in [2.75, 3.05) is 19.4 Å². The fraction of sp³-hybridized carbons (Fsp3) is 0.533. The van der Waals surface area contributed by atoms with Gasteiger partial charge in [-0.1, -0.05) is 25.7 Å². The molecule has 0 radical (unpaired) electrons. The van der Waals surface area contributed by atoms with Crippen LogP contribution >= 0.6 is 0 Å². The fourth-order valence-corrected chi connectivity index (χ4v) is 2.64. The molecule has 4 nitrogen and oxygen atoms in total. The highest BCUT2D eigenvalue weighted by Gasteiger charge is 2.15. The summed E-state index contributed by atoms with van der Waals surface area (Å²) in [5.41, 5.74) is 6.87. The number of amides is 1. The maximum absolute atomic E-state index is 12.0. The van der Waals surface area contributed by atoms with Gasteiger partial charge in [0.2, 0.25) is 0 Å². The zero-order valence-electron chi connectivity index (χ0n) is 11.4. The maximum Gasteiger partial charge on any atom is 0.251 e. The van der Waals surface area contributed by atoms with Crippen molar-refractivity contribution in [3.63, 3.8) is 0 Å². The number of nitrogens with two attached hydrogens (primary N) is 1. The number of nitrogens with one attached hydrogen (secondary N) is 1. The molecule has 0 heterocycles. The van der Waals surface area contributed by atoms with E-state index in [0.29, 0.717) is 17.0 Å². The lowest BCUT2D eigenvalue weighted by Gasteiger charge is -2.11. The summed E-state index contributed by atoms with van der Waals surface area (Å²) >= 11 is 0. The number of hydrogen-bond donors (Lipinski definition) is 2. The number of rotatable bonds is 5. The summed E-state index contributed by atoms with van der Waals surface area (Å²) in [6, 6.07) is 5.10. The third-order valence-electron chi connectivity index (χ3n) is 3.81. The van der Waals surface area contributed by atoms with Crippen LogP contribution in [0.4, 0.5) is 5.69 Å². The molecule has 0 aromatic heterocycles. The third-order valence-corrected chi connectivity index (χ3v) is 3.81. The van der Waals surface area contributed by atoms with Crippen LogP contribution in [0.3, 0.4) is 0 Å². The number of carbonyl (C=O) groups is 1. The molecular formula is C15H22N2O2. The highest BCUT2D eigenvalue weighted by atomic mass is 16.5. The Morgan fingerprint density at radius 1 is 1.42 bits per heavy atom. The molecule has 1 amide bonds. The molecule has 0 spiro atoms. The van der Waals surface area contributed by atoms with Crippen LogP contribution in [0.25, 0.3) is 0 Å². The van der Waals surface area contributed by atoms with E-state index in [4.69, 9.17) is 10.5 Å². The predicted octanol–water partition coefficient (Wildman–Crippen LogP) is 2.59. The Kier molecular flexibility index (Phi) is 4.66. The van der Waals surface area contributed by atoms with Gasteiger partial charge in [-0.15, -0.1) is 0 Å². The maximum atomic E-state index is 12.0. The van der Waals surface area contributed by atoms with Gasteiger partial charge in [0, 0.05) is 12.1 Å². The number of hydrogen-bond acceptors (Lipinski definition) is 3. The monoisotopic (exact) mass is 262 g/mol. The number of carbonyl (C=O) groups excluding carboxylic acids is 1. The lowest BCUT2D eigenvalue weighted by molar-refractivity contribution is 0.0951. The molecule has 1 fully saturated rings. The largest absolute Gasteiger partial charge is 0.495 e. The Balaban J connectivity index is 1.85. The van der Waals surface area contributed by atoms with E-state index in [1.165, 1.54) is 25.7 Å². The van der Waals surface area contributed by atoms with Crippen molar-refractivity contribution < 1.29 is 9.53 Å². The SMILES string of the molecule is COc1cc(C(=O)NCCC2CCCC2)ccc1N. The van der Waals surface area contributed by atoms with Crippen LogP contribution in [0.2, 0.25) is 0 Å². The normalized spacial score (nSPS) is 15.4. The van der Waals surface area contributed by atoms with Gasteiger partial charge in [0.05, 0.1) is 12.8 Å². The second kappa shape index (κ2) is 6.45. The van der Waals surface area contributed by atoms with Crippen LogP contribution in [0.15, 0.2) is 18.2 Å². The summed E-state index contributed by atoms with van der Waals surface area (Å²) in [6.07, 6.45) is 6.39. The number of anilines is 1. The van der Waals surface area contributed by atoms with Crippen molar-refractivity contribution >= 4 is 11.6 Å². The average Bonchev–Trinajstić information content (AvgIpc) is 2.92. The van der Waals surface area contributed by atoms with Crippen molar-refractivity contribution in [3.8, 4) is 5.75 Å². The molecule has 2 rings (SSSR count). The van der Waals surface area contributed by atoms with Gasteiger partial charge in [0.1, 0.15) is 5.75 Å². The van der Waals surface area contributed by atoms with Crippen LogP contribution in [0.5, 0.6) is 5.75 Å². The minimum absolute atomic E-state index is 0.0590. The van der Waals surface area contributed by atoms with Gasteiger partial charge in [-0.25, -0.2) is 0 Å². The fourth-order valence-electron chi connectivity index (χ4n) is 2.64. The molecule has 1 aromatic rings. The summed E-state index contributed by atoms with van der Waals surface area (Å²) in [6.45, 7) is 0.746. The van der Waals surface area contributed by atoms with Crippen LogP contribution < -0.4 is 15.8 Å². The quantitative estimate of drug-likeness (QED) is 0.802. The molecule has 1 saturated carbocycles. The Hall–Kier alpha value is -1.71. The Bertz CT molecular complexity index is 440. The minimum atomic E-state index is -0.0590. The molecule has 1 aliphatic carbocycles. The van der Waals surface area contributed by atoms with E-state index in [2.05, 4.69) is 5.32 Å². The van der Waals surface area contributed by atoms with Gasteiger partial charge in [-0.05, 0) is 30.5 Å². The third kappa shape index (κ3) is 3.63.